The number of pyridine rings is 1. The third-order valence-corrected chi connectivity index (χ3v) is 3.65. The Labute approximate surface area is 131 Å². The Morgan fingerprint density at radius 1 is 1.05 bits per heavy atom. The summed E-state index contributed by atoms with van der Waals surface area (Å²) < 4.78 is 1.06. The van der Waals surface area contributed by atoms with Gasteiger partial charge in [0.15, 0.2) is 0 Å². The fourth-order valence-electron chi connectivity index (χ4n) is 2.24. The number of nitriles is 1. The lowest BCUT2D eigenvalue weighted by molar-refractivity contribution is 1.19. The van der Waals surface area contributed by atoms with Crippen LogP contribution in [0, 0.1) is 18.3 Å². The van der Waals surface area contributed by atoms with Crippen molar-refractivity contribution in [3.63, 3.8) is 0 Å². The fraction of sp³-hybridized carbons (Fsp3) is 0.0588. The highest BCUT2D eigenvalue weighted by Gasteiger charge is 2.02. The molecule has 2 aromatic carbocycles. The van der Waals surface area contributed by atoms with Crippen molar-refractivity contribution in [1.29, 1.82) is 5.26 Å². The lowest BCUT2D eigenvalue weighted by Gasteiger charge is -2.08. The molecule has 0 radical (unpaired) electrons. The van der Waals surface area contributed by atoms with E-state index in [9.17, 15) is 0 Å². The van der Waals surface area contributed by atoms with Crippen LogP contribution in [-0.4, -0.2) is 4.98 Å². The zero-order valence-electron chi connectivity index (χ0n) is 11.4. The molecule has 0 fully saturated rings. The predicted octanol–water partition coefficient (Wildman–Crippen LogP) is 4.92. The topological polar surface area (TPSA) is 48.7 Å². The van der Waals surface area contributed by atoms with Crippen molar-refractivity contribution < 1.29 is 0 Å². The van der Waals surface area contributed by atoms with Crippen molar-refractivity contribution in [2.45, 2.75) is 6.92 Å². The van der Waals surface area contributed by atoms with Gasteiger partial charge in [0.25, 0.3) is 0 Å². The fourth-order valence-corrected chi connectivity index (χ4v) is 2.62. The van der Waals surface area contributed by atoms with Gasteiger partial charge in [-0.1, -0.05) is 28.1 Å². The van der Waals surface area contributed by atoms with E-state index in [0.29, 0.717) is 11.4 Å². The number of nitrogens with one attached hydrogen (secondary N) is 1. The highest BCUT2D eigenvalue weighted by molar-refractivity contribution is 9.10. The van der Waals surface area contributed by atoms with Crippen LogP contribution in [0.4, 0.5) is 11.5 Å². The van der Waals surface area contributed by atoms with Gasteiger partial charge in [-0.15, -0.1) is 0 Å². The standard InChI is InChI=1S/C17H12BrN3/c1-11-6-12(10-19)7-17(20-11)21-16-5-3-13-8-15(18)4-2-14(13)9-16/h2-9H,1H3,(H,20,21). The normalized spacial score (nSPS) is 10.3. The number of hydrogen-bond donors (Lipinski definition) is 1. The van der Waals surface area contributed by atoms with Crippen LogP contribution < -0.4 is 5.32 Å². The molecule has 1 aromatic heterocycles. The average molecular weight is 338 g/mol. The maximum atomic E-state index is 9.01. The zero-order valence-corrected chi connectivity index (χ0v) is 13.0. The van der Waals surface area contributed by atoms with Crippen LogP contribution in [0.5, 0.6) is 0 Å². The van der Waals surface area contributed by atoms with Gasteiger partial charge in [-0.25, -0.2) is 4.98 Å². The molecule has 3 nitrogen and oxygen atoms in total. The quantitative estimate of drug-likeness (QED) is 0.721. The molecule has 4 heteroatoms. The van der Waals surface area contributed by atoms with E-state index in [0.717, 1.165) is 21.2 Å². The van der Waals surface area contributed by atoms with E-state index < -0.39 is 0 Å². The Morgan fingerprint density at radius 2 is 1.81 bits per heavy atom. The molecule has 102 valence electrons. The molecular formula is C17H12BrN3. The molecule has 0 aliphatic rings. The second-order valence-corrected chi connectivity index (χ2v) is 5.74. The van der Waals surface area contributed by atoms with E-state index in [-0.39, 0.29) is 0 Å². The Kier molecular flexibility index (Phi) is 3.59. The van der Waals surface area contributed by atoms with Crippen LogP contribution >= 0.6 is 15.9 Å². The number of hydrogen-bond acceptors (Lipinski definition) is 3. The third kappa shape index (κ3) is 3.04. The van der Waals surface area contributed by atoms with E-state index in [1.807, 2.05) is 19.1 Å². The molecule has 0 saturated heterocycles. The molecule has 3 rings (SSSR count). The molecule has 0 aliphatic heterocycles. The number of nitrogens with zero attached hydrogens (tertiary/aromatic N) is 2. The molecule has 0 aliphatic carbocycles. The van der Waals surface area contributed by atoms with Crippen molar-refractivity contribution in [1.82, 2.24) is 4.98 Å². The number of aryl methyl sites for hydroxylation is 1. The first-order valence-corrected chi connectivity index (χ1v) is 7.28. The van der Waals surface area contributed by atoms with Gasteiger partial charge < -0.3 is 5.32 Å². The van der Waals surface area contributed by atoms with Crippen LogP contribution in [0.15, 0.2) is 53.0 Å². The maximum Gasteiger partial charge on any atom is 0.131 e. The SMILES string of the molecule is Cc1cc(C#N)cc(Nc2ccc3cc(Br)ccc3c2)n1. The van der Waals surface area contributed by atoms with Gasteiger partial charge in [0.1, 0.15) is 5.82 Å². The number of halogens is 1. The molecule has 0 bridgehead atoms. The molecule has 1 heterocycles. The molecular weight excluding hydrogens is 326 g/mol. The lowest BCUT2D eigenvalue weighted by atomic mass is 10.1. The lowest BCUT2D eigenvalue weighted by Crippen LogP contribution is -1.96. The summed E-state index contributed by atoms with van der Waals surface area (Å²) in [6.45, 7) is 1.88. The van der Waals surface area contributed by atoms with E-state index >= 15 is 0 Å². The number of aromatic nitrogens is 1. The molecule has 0 atom stereocenters. The second kappa shape index (κ2) is 5.55. The van der Waals surface area contributed by atoms with Gasteiger partial charge in [0, 0.05) is 15.9 Å². The van der Waals surface area contributed by atoms with Crippen molar-refractivity contribution in [2.75, 3.05) is 5.32 Å². The number of benzene rings is 2. The van der Waals surface area contributed by atoms with Crippen molar-refractivity contribution in [3.8, 4) is 6.07 Å². The minimum absolute atomic E-state index is 0.606. The molecule has 1 N–H and O–H groups in total. The Hall–Kier alpha value is -2.38. The van der Waals surface area contributed by atoms with Gasteiger partial charge in [-0.3, -0.25) is 0 Å². The first kappa shape index (κ1) is 13.6. The Morgan fingerprint density at radius 3 is 2.62 bits per heavy atom. The van der Waals surface area contributed by atoms with Crippen molar-refractivity contribution in [3.05, 3.63) is 64.3 Å². The van der Waals surface area contributed by atoms with Crippen LogP contribution in [0.1, 0.15) is 11.3 Å². The smallest absolute Gasteiger partial charge is 0.131 e. The van der Waals surface area contributed by atoms with E-state index in [1.165, 1.54) is 5.39 Å². The summed E-state index contributed by atoms with van der Waals surface area (Å²) in [7, 11) is 0. The Balaban J connectivity index is 1.96. The van der Waals surface area contributed by atoms with E-state index in [1.54, 1.807) is 12.1 Å². The first-order valence-electron chi connectivity index (χ1n) is 6.49. The van der Waals surface area contributed by atoms with Gasteiger partial charge in [0.2, 0.25) is 0 Å². The maximum absolute atomic E-state index is 9.01. The summed E-state index contributed by atoms with van der Waals surface area (Å²) in [5.74, 6) is 0.683. The van der Waals surface area contributed by atoms with Gasteiger partial charge in [-0.2, -0.15) is 5.26 Å². The highest BCUT2D eigenvalue weighted by Crippen LogP contribution is 2.24. The minimum atomic E-state index is 0.606. The van der Waals surface area contributed by atoms with Crippen LogP contribution in [0.3, 0.4) is 0 Å². The molecule has 0 saturated carbocycles. The summed E-state index contributed by atoms with van der Waals surface area (Å²) >= 11 is 3.47. The average Bonchev–Trinajstić information content (AvgIpc) is 2.47. The van der Waals surface area contributed by atoms with Crippen LogP contribution in [-0.2, 0) is 0 Å². The summed E-state index contributed by atoms with van der Waals surface area (Å²) in [6.07, 6.45) is 0. The van der Waals surface area contributed by atoms with Gasteiger partial charge in [-0.05, 0) is 54.1 Å². The molecule has 21 heavy (non-hydrogen) atoms. The molecule has 0 amide bonds. The van der Waals surface area contributed by atoms with Gasteiger partial charge >= 0.3 is 0 Å². The predicted molar refractivity (Wildman–Crippen MR) is 88.6 cm³/mol. The van der Waals surface area contributed by atoms with E-state index in [4.69, 9.17) is 5.26 Å². The largest absolute Gasteiger partial charge is 0.340 e. The highest BCUT2D eigenvalue weighted by atomic mass is 79.9. The molecule has 0 spiro atoms. The van der Waals surface area contributed by atoms with Crippen molar-refractivity contribution >= 4 is 38.2 Å². The zero-order chi connectivity index (χ0) is 14.8. The van der Waals surface area contributed by atoms with E-state index in [2.05, 4.69) is 56.6 Å². The summed E-state index contributed by atoms with van der Waals surface area (Å²) in [4.78, 5) is 4.40. The number of fused-ring (bicyclic) bond motifs is 1. The molecule has 0 unspecified atom stereocenters. The molecule has 3 aromatic rings. The number of anilines is 2. The first-order chi connectivity index (χ1) is 10.1. The third-order valence-electron chi connectivity index (χ3n) is 3.16. The van der Waals surface area contributed by atoms with Crippen LogP contribution in [0.2, 0.25) is 0 Å². The minimum Gasteiger partial charge on any atom is -0.340 e. The van der Waals surface area contributed by atoms with Crippen LogP contribution in [0.25, 0.3) is 10.8 Å². The summed E-state index contributed by atoms with van der Waals surface area (Å²) in [5, 5.41) is 14.6. The Bertz CT molecular complexity index is 866. The second-order valence-electron chi connectivity index (χ2n) is 4.83. The monoisotopic (exact) mass is 337 g/mol. The summed E-state index contributed by atoms with van der Waals surface area (Å²) in [5.41, 5.74) is 2.38. The van der Waals surface area contributed by atoms with Gasteiger partial charge in [0.05, 0.1) is 11.6 Å². The summed E-state index contributed by atoms with van der Waals surface area (Å²) in [6, 6.07) is 18.0. The van der Waals surface area contributed by atoms with Crippen molar-refractivity contribution in [2.24, 2.45) is 0 Å². The number of rotatable bonds is 2.